The Hall–Kier alpha value is -1.39. The van der Waals surface area contributed by atoms with Crippen molar-refractivity contribution in [2.75, 3.05) is 6.54 Å². The maximum absolute atomic E-state index is 11.5. The summed E-state index contributed by atoms with van der Waals surface area (Å²) in [5.41, 5.74) is 0.993. The highest BCUT2D eigenvalue weighted by Crippen LogP contribution is 2.22. The van der Waals surface area contributed by atoms with Crippen LogP contribution in [0.25, 0.3) is 10.2 Å². The molecule has 0 aliphatic heterocycles. The zero-order chi connectivity index (χ0) is 13.0. The van der Waals surface area contributed by atoms with Crippen molar-refractivity contribution < 1.29 is 4.79 Å². The fourth-order valence-corrected chi connectivity index (χ4v) is 2.56. The normalized spacial score (nSPS) is 10.5. The lowest BCUT2D eigenvalue weighted by atomic mass is 10.3. The second-order valence-electron chi connectivity index (χ2n) is 3.87. The van der Waals surface area contributed by atoms with Crippen molar-refractivity contribution in [3.05, 3.63) is 40.9 Å². The third-order valence-corrected chi connectivity index (χ3v) is 3.61. The molecule has 2 aromatic rings. The quantitative estimate of drug-likeness (QED) is 0.914. The first-order valence-electron chi connectivity index (χ1n) is 5.59. The molecule has 2 rings (SSSR count). The van der Waals surface area contributed by atoms with Crippen LogP contribution in [0.2, 0.25) is 0 Å². The van der Waals surface area contributed by atoms with E-state index in [9.17, 15) is 4.79 Å². The van der Waals surface area contributed by atoms with Gasteiger partial charge in [-0.2, -0.15) is 0 Å². The molecular weight excluding hydrogens is 268 g/mol. The maximum atomic E-state index is 11.5. The molecule has 18 heavy (non-hydrogen) atoms. The van der Waals surface area contributed by atoms with Gasteiger partial charge in [0.25, 0.3) is 0 Å². The fraction of sp³-hybridized carbons (Fsp3) is 0.231. The summed E-state index contributed by atoms with van der Waals surface area (Å²) >= 11 is 7.20. The predicted octanol–water partition coefficient (Wildman–Crippen LogP) is 3.10. The number of nitrogens with zero attached hydrogens (tertiary/aromatic N) is 1. The summed E-state index contributed by atoms with van der Waals surface area (Å²) in [5, 5.41) is 4.11. The van der Waals surface area contributed by atoms with Crippen molar-refractivity contribution in [2.24, 2.45) is 0 Å². The summed E-state index contributed by atoms with van der Waals surface area (Å²) in [7, 11) is 0. The van der Waals surface area contributed by atoms with E-state index in [0.29, 0.717) is 24.4 Å². The number of fused-ring (bicyclic) bond motifs is 1. The third kappa shape index (κ3) is 3.55. The van der Waals surface area contributed by atoms with Gasteiger partial charge in [-0.1, -0.05) is 30.3 Å². The van der Waals surface area contributed by atoms with Gasteiger partial charge in [0.2, 0.25) is 5.91 Å². The molecular formula is C13H13ClN2OS. The Morgan fingerprint density at radius 1 is 1.44 bits per heavy atom. The van der Waals surface area contributed by atoms with Gasteiger partial charge in [-0.15, -0.1) is 11.3 Å². The fourth-order valence-electron chi connectivity index (χ4n) is 1.53. The number of nitrogens with one attached hydrogen (secondary N) is 1. The highest BCUT2D eigenvalue weighted by atomic mass is 35.5. The van der Waals surface area contributed by atoms with Crippen LogP contribution >= 0.6 is 22.9 Å². The number of amides is 1. The van der Waals surface area contributed by atoms with Gasteiger partial charge >= 0.3 is 0 Å². The Labute approximate surface area is 114 Å². The van der Waals surface area contributed by atoms with Gasteiger partial charge < -0.3 is 5.32 Å². The van der Waals surface area contributed by atoms with Gasteiger partial charge in [0.15, 0.2) is 0 Å². The van der Waals surface area contributed by atoms with Crippen LogP contribution in [0, 0.1) is 0 Å². The number of carbonyl (C=O) groups is 1. The summed E-state index contributed by atoms with van der Waals surface area (Å²) in [4.78, 5) is 16.0. The average molecular weight is 281 g/mol. The lowest BCUT2D eigenvalue weighted by Crippen LogP contribution is -2.24. The molecule has 0 aliphatic rings. The highest BCUT2D eigenvalue weighted by molar-refractivity contribution is 7.18. The molecule has 94 valence electrons. The van der Waals surface area contributed by atoms with E-state index in [0.717, 1.165) is 15.2 Å². The van der Waals surface area contributed by atoms with E-state index in [-0.39, 0.29) is 5.91 Å². The van der Waals surface area contributed by atoms with Crippen molar-refractivity contribution in [3.63, 3.8) is 0 Å². The molecule has 5 heteroatoms. The standard InChI is InChI=1S/C13H13ClN2OS/c1-9(14)8-15-12(17)6-7-13-16-10-4-2-3-5-11(10)18-13/h2-5H,1,6-8H2,(H,15,17). The minimum absolute atomic E-state index is 0.0314. The largest absolute Gasteiger partial charge is 0.351 e. The van der Waals surface area contributed by atoms with E-state index in [1.807, 2.05) is 24.3 Å². The van der Waals surface area contributed by atoms with E-state index < -0.39 is 0 Å². The van der Waals surface area contributed by atoms with Crippen LogP contribution in [0.3, 0.4) is 0 Å². The van der Waals surface area contributed by atoms with Crippen LogP contribution in [0.1, 0.15) is 11.4 Å². The molecule has 1 amide bonds. The van der Waals surface area contributed by atoms with Crippen LogP contribution < -0.4 is 5.32 Å². The average Bonchev–Trinajstić information content (AvgIpc) is 2.76. The van der Waals surface area contributed by atoms with Crippen molar-refractivity contribution in [3.8, 4) is 0 Å². The summed E-state index contributed by atoms with van der Waals surface area (Å²) in [6, 6.07) is 7.97. The first-order valence-corrected chi connectivity index (χ1v) is 6.79. The monoisotopic (exact) mass is 280 g/mol. The molecule has 1 N–H and O–H groups in total. The number of benzene rings is 1. The molecule has 1 heterocycles. The Morgan fingerprint density at radius 3 is 2.94 bits per heavy atom. The molecule has 0 spiro atoms. The molecule has 1 aromatic carbocycles. The van der Waals surface area contributed by atoms with Gasteiger partial charge in [-0.05, 0) is 12.1 Å². The maximum Gasteiger partial charge on any atom is 0.220 e. The lowest BCUT2D eigenvalue weighted by molar-refractivity contribution is -0.120. The van der Waals surface area contributed by atoms with Gasteiger partial charge in [-0.3, -0.25) is 4.79 Å². The van der Waals surface area contributed by atoms with E-state index >= 15 is 0 Å². The highest BCUT2D eigenvalue weighted by Gasteiger charge is 2.06. The topological polar surface area (TPSA) is 42.0 Å². The summed E-state index contributed by atoms with van der Waals surface area (Å²) in [6.07, 6.45) is 1.07. The number of hydrogen-bond acceptors (Lipinski definition) is 3. The smallest absolute Gasteiger partial charge is 0.220 e. The molecule has 3 nitrogen and oxygen atoms in total. The molecule has 0 radical (unpaired) electrons. The molecule has 1 aromatic heterocycles. The Kier molecular flexibility index (Phi) is 4.33. The molecule has 0 atom stereocenters. The van der Waals surface area contributed by atoms with Crippen LogP contribution in [0.15, 0.2) is 35.9 Å². The van der Waals surface area contributed by atoms with Crippen LogP contribution in [-0.4, -0.2) is 17.4 Å². The van der Waals surface area contributed by atoms with E-state index in [2.05, 4.69) is 16.9 Å². The van der Waals surface area contributed by atoms with Gasteiger partial charge in [0.1, 0.15) is 0 Å². The first kappa shape index (κ1) is 13.1. The number of aryl methyl sites for hydroxylation is 1. The molecule has 0 aliphatic carbocycles. The SMILES string of the molecule is C=C(Cl)CNC(=O)CCc1nc2ccccc2s1. The van der Waals surface area contributed by atoms with Crippen LogP contribution in [0.5, 0.6) is 0 Å². The molecule has 0 bridgehead atoms. The van der Waals surface area contributed by atoms with Crippen molar-refractivity contribution >= 4 is 39.1 Å². The Bertz CT molecular complexity index is 546. The molecule has 0 saturated heterocycles. The van der Waals surface area contributed by atoms with Gasteiger partial charge in [0.05, 0.1) is 21.8 Å². The number of aromatic nitrogens is 1. The van der Waals surface area contributed by atoms with E-state index in [1.54, 1.807) is 11.3 Å². The third-order valence-electron chi connectivity index (χ3n) is 2.38. The summed E-state index contributed by atoms with van der Waals surface area (Å²) in [6.45, 7) is 3.83. The van der Waals surface area contributed by atoms with Gasteiger partial charge in [0, 0.05) is 17.9 Å². The number of para-hydroxylation sites is 1. The summed E-state index contributed by atoms with van der Waals surface area (Å²) < 4.78 is 1.15. The van der Waals surface area contributed by atoms with Crippen molar-refractivity contribution in [2.45, 2.75) is 12.8 Å². The van der Waals surface area contributed by atoms with E-state index in [1.165, 1.54) is 0 Å². The molecule has 0 unspecified atom stereocenters. The van der Waals surface area contributed by atoms with Gasteiger partial charge in [-0.25, -0.2) is 4.98 Å². The van der Waals surface area contributed by atoms with Crippen molar-refractivity contribution in [1.29, 1.82) is 0 Å². The summed E-state index contributed by atoms with van der Waals surface area (Å²) in [5.74, 6) is -0.0314. The zero-order valence-electron chi connectivity index (χ0n) is 9.78. The second-order valence-corrected chi connectivity index (χ2v) is 5.52. The minimum atomic E-state index is -0.0314. The number of carbonyl (C=O) groups excluding carboxylic acids is 1. The number of rotatable bonds is 5. The zero-order valence-corrected chi connectivity index (χ0v) is 11.4. The van der Waals surface area contributed by atoms with Crippen LogP contribution in [-0.2, 0) is 11.2 Å². The number of halogens is 1. The predicted molar refractivity (Wildman–Crippen MR) is 75.9 cm³/mol. The first-order chi connectivity index (χ1) is 8.65. The Morgan fingerprint density at radius 2 is 2.22 bits per heavy atom. The Balaban J connectivity index is 1.90. The molecule has 0 fully saturated rings. The molecule has 0 saturated carbocycles. The number of hydrogen-bond donors (Lipinski definition) is 1. The minimum Gasteiger partial charge on any atom is -0.351 e. The number of thiazole rings is 1. The lowest BCUT2D eigenvalue weighted by Gasteiger charge is -2.01. The van der Waals surface area contributed by atoms with Crippen LogP contribution in [0.4, 0.5) is 0 Å². The van der Waals surface area contributed by atoms with E-state index in [4.69, 9.17) is 11.6 Å². The van der Waals surface area contributed by atoms with Crippen molar-refractivity contribution in [1.82, 2.24) is 10.3 Å². The second kappa shape index (κ2) is 5.98.